The van der Waals surface area contributed by atoms with Gasteiger partial charge >= 0.3 is 0 Å². The lowest BCUT2D eigenvalue weighted by molar-refractivity contribution is 0.0640. The molecule has 0 spiro atoms. The molecular weight excluding hydrogens is 205 g/mol. The Kier molecular flexibility index (Phi) is 2.40. The van der Waals surface area contributed by atoms with Crippen LogP contribution in [0.15, 0.2) is 24.3 Å². The first kappa shape index (κ1) is 9.85. The third-order valence-electron chi connectivity index (χ3n) is 3.21. The number of ether oxygens (including phenoxy) is 1. The van der Waals surface area contributed by atoms with Gasteiger partial charge in [0.25, 0.3) is 0 Å². The zero-order valence-corrected chi connectivity index (χ0v) is 9.08. The summed E-state index contributed by atoms with van der Waals surface area (Å²) >= 11 is 0. The zero-order chi connectivity index (χ0) is 11.0. The van der Waals surface area contributed by atoms with Crippen LogP contribution in [0.25, 0.3) is 5.70 Å². The molecule has 16 heavy (non-hydrogen) atoms. The van der Waals surface area contributed by atoms with Gasteiger partial charge in [-0.15, -0.1) is 0 Å². The van der Waals surface area contributed by atoms with Gasteiger partial charge in [0.2, 0.25) is 0 Å². The Morgan fingerprint density at radius 3 is 2.81 bits per heavy atom. The first-order valence-electron chi connectivity index (χ1n) is 5.66. The summed E-state index contributed by atoms with van der Waals surface area (Å²) in [6, 6.07) is 5.07. The van der Waals surface area contributed by atoms with Crippen LogP contribution in [-0.2, 0) is 11.2 Å². The molecule has 0 unspecified atom stereocenters. The molecule has 0 radical (unpaired) electrons. The largest absolute Gasteiger partial charge is 0.378 e. The molecule has 1 heterocycles. The number of hydrogen-bond acceptors (Lipinski definition) is 2. The van der Waals surface area contributed by atoms with E-state index in [1.165, 1.54) is 11.3 Å². The maximum atomic E-state index is 13.1. The number of benzene rings is 1. The highest BCUT2D eigenvalue weighted by molar-refractivity contribution is 5.71. The van der Waals surface area contributed by atoms with Gasteiger partial charge in [-0.3, -0.25) is 0 Å². The van der Waals surface area contributed by atoms with Crippen LogP contribution in [0, 0.1) is 5.82 Å². The molecule has 3 rings (SSSR count). The number of hydrogen-bond donors (Lipinski definition) is 0. The van der Waals surface area contributed by atoms with Crippen molar-refractivity contribution in [1.82, 2.24) is 4.90 Å². The fourth-order valence-corrected chi connectivity index (χ4v) is 2.40. The molecule has 1 saturated heterocycles. The summed E-state index contributed by atoms with van der Waals surface area (Å²) in [5, 5.41) is 0. The van der Waals surface area contributed by atoms with Crippen molar-refractivity contribution in [3.05, 3.63) is 41.2 Å². The molecule has 1 aliphatic heterocycles. The monoisotopic (exact) mass is 219 g/mol. The highest BCUT2D eigenvalue weighted by Crippen LogP contribution is 2.30. The van der Waals surface area contributed by atoms with Crippen molar-refractivity contribution in [3.8, 4) is 0 Å². The highest BCUT2D eigenvalue weighted by Gasteiger charge is 2.21. The average molecular weight is 219 g/mol. The summed E-state index contributed by atoms with van der Waals surface area (Å²) in [5.74, 6) is -0.143. The first-order valence-corrected chi connectivity index (χ1v) is 5.66. The molecule has 1 aromatic carbocycles. The molecule has 0 N–H and O–H groups in total. The Bertz CT molecular complexity index is 436. The van der Waals surface area contributed by atoms with Gasteiger partial charge in [-0.1, -0.05) is 6.08 Å². The maximum absolute atomic E-state index is 13.1. The van der Waals surface area contributed by atoms with Crippen molar-refractivity contribution in [1.29, 1.82) is 0 Å². The van der Waals surface area contributed by atoms with E-state index in [0.717, 1.165) is 38.3 Å². The van der Waals surface area contributed by atoms with Crippen LogP contribution in [0.5, 0.6) is 0 Å². The normalized spacial score (nSPS) is 19.6. The van der Waals surface area contributed by atoms with E-state index >= 15 is 0 Å². The lowest BCUT2D eigenvalue weighted by Crippen LogP contribution is -2.34. The number of allylic oxidation sites excluding steroid dienone is 1. The molecule has 2 aliphatic rings. The standard InChI is InChI=1S/C13H14FNO/c14-11-2-3-12-10(9-11)1-4-13(12)15-5-7-16-8-6-15/h2-4,9H,1,5-8H2. The van der Waals surface area contributed by atoms with Crippen molar-refractivity contribution in [2.24, 2.45) is 0 Å². The summed E-state index contributed by atoms with van der Waals surface area (Å²) < 4.78 is 18.4. The van der Waals surface area contributed by atoms with Crippen molar-refractivity contribution >= 4 is 5.70 Å². The van der Waals surface area contributed by atoms with E-state index in [4.69, 9.17) is 4.74 Å². The molecule has 1 aliphatic carbocycles. The molecular formula is C13H14FNO. The van der Waals surface area contributed by atoms with E-state index in [-0.39, 0.29) is 5.82 Å². The number of rotatable bonds is 1. The minimum atomic E-state index is -0.143. The number of halogens is 1. The van der Waals surface area contributed by atoms with Gasteiger partial charge in [0, 0.05) is 24.4 Å². The van der Waals surface area contributed by atoms with Crippen molar-refractivity contribution in [2.75, 3.05) is 26.3 Å². The lowest BCUT2D eigenvalue weighted by Gasteiger charge is -2.30. The minimum absolute atomic E-state index is 0.143. The highest BCUT2D eigenvalue weighted by atomic mass is 19.1. The summed E-state index contributed by atoms with van der Waals surface area (Å²) in [5.41, 5.74) is 3.53. The molecule has 0 amide bonds. The van der Waals surface area contributed by atoms with Crippen LogP contribution in [0.2, 0.25) is 0 Å². The first-order chi connectivity index (χ1) is 7.84. The molecule has 0 aromatic heterocycles. The summed E-state index contributed by atoms with van der Waals surface area (Å²) in [6.45, 7) is 3.44. The zero-order valence-electron chi connectivity index (χ0n) is 9.08. The van der Waals surface area contributed by atoms with Gasteiger partial charge in [-0.25, -0.2) is 4.39 Å². The maximum Gasteiger partial charge on any atom is 0.123 e. The van der Waals surface area contributed by atoms with Crippen molar-refractivity contribution < 1.29 is 9.13 Å². The van der Waals surface area contributed by atoms with Crippen LogP contribution in [0.1, 0.15) is 11.1 Å². The van der Waals surface area contributed by atoms with Crippen LogP contribution >= 0.6 is 0 Å². The third kappa shape index (κ3) is 1.61. The predicted molar refractivity (Wildman–Crippen MR) is 60.5 cm³/mol. The summed E-state index contributed by atoms with van der Waals surface area (Å²) in [7, 11) is 0. The van der Waals surface area contributed by atoms with Gasteiger partial charge in [0.1, 0.15) is 5.82 Å². The van der Waals surface area contributed by atoms with Gasteiger partial charge in [-0.05, 0) is 30.2 Å². The third-order valence-corrected chi connectivity index (χ3v) is 3.21. The van der Waals surface area contributed by atoms with Gasteiger partial charge < -0.3 is 9.64 Å². The van der Waals surface area contributed by atoms with Gasteiger partial charge in [0.05, 0.1) is 13.2 Å². The molecule has 0 saturated carbocycles. The van der Waals surface area contributed by atoms with E-state index in [1.807, 2.05) is 6.07 Å². The second-order valence-electron chi connectivity index (χ2n) is 4.19. The fraction of sp³-hybridized carbons (Fsp3) is 0.385. The summed E-state index contributed by atoms with van der Waals surface area (Å²) in [4.78, 5) is 2.33. The van der Waals surface area contributed by atoms with Crippen LogP contribution < -0.4 is 0 Å². The van der Waals surface area contributed by atoms with E-state index < -0.39 is 0 Å². The smallest absolute Gasteiger partial charge is 0.123 e. The number of morpholine rings is 1. The topological polar surface area (TPSA) is 12.5 Å². The number of nitrogens with zero attached hydrogens (tertiary/aromatic N) is 1. The quantitative estimate of drug-likeness (QED) is 0.716. The molecule has 1 aromatic rings. The van der Waals surface area contributed by atoms with Crippen molar-refractivity contribution in [3.63, 3.8) is 0 Å². The Morgan fingerprint density at radius 2 is 2.00 bits per heavy atom. The van der Waals surface area contributed by atoms with Crippen LogP contribution in [0.3, 0.4) is 0 Å². The van der Waals surface area contributed by atoms with E-state index in [9.17, 15) is 4.39 Å². The molecule has 2 nitrogen and oxygen atoms in total. The average Bonchev–Trinajstić information content (AvgIpc) is 2.73. The Balaban J connectivity index is 1.89. The Morgan fingerprint density at radius 1 is 1.19 bits per heavy atom. The number of fused-ring (bicyclic) bond motifs is 1. The Hall–Kier alpha value is -1.35. The molecule has 1 fully saturated rings. The van der Waals surface area contributed by atoms with Crippen molar-refractivity contribution in [2.45, 2.75) is 6.42 Å². The van der Waals surface area contributed by atoms with E-state index in [0.29, 0.717) is 0 Å². The molecule has 0 atom stereocenters. The van der Waals surface area contributed by atoms with Crippen LogP contribution in [-0.4, -0.2) is 31.2 Å². The van der Waals surface area contributed by atoms with E-state index in [2.05, 4.69) is 11.0 Å². The van der Waals surface area contributed by atoms with E-state index in [1.54, 1.807) is 12.1 Å². The second-order valence-corrected chi connectivity index (χ2v) is 4.19. The van der Waals surface area contributed by atoms with Crippen LogP contribution in [0.4, 0.5) is 4.39 Å². The lowest BCUT2D eigenvalue weighted by atomic mass is 10.1. The molecule has 0 bridgehead atoms. The minimum Gasteiger partial charge on any atom is -0.378 e. The predicted octanol–water partition coefficient (Wildman–Crippen LogP) is 2.05. The SMILES string of the molecule is Fc1ccc2c(c1)CC=C2N1CCOCC1. The molecule has 84 valence electrons. The fourth-order valence-electron chi connectivity index (χ4n) is 2.40. The van der Waals surface area contributed by atoms with Gasteiger partial charge in [-0.2, -0.15) is 0 Å². The summed E-state index contributed by atoms with van der Waals surface area (Å²) in [6.07, 6.45) is 3.04. The Labute approximate surface area is 94.3 Å². The molecule has 3 heteroatoms. The van der Waals surface area contributed by atoms with Gasteiger partial charge in [0.15, 0.2) is 0 Å². The second kappa shape index (κ2) is 3.91.